The summed E-state index contributed by atoms with van der Waals surface area (Å²) in [5.41, 5.74) is 6.43. The molecular formula is C12H13FN2O3. The van der Waals surface area contributed by atoms with Gasteiger partial charge in [-0.2, -0.15) is 0 Å². The Morgan fingerprint density at radius 3 is 2.56 bits per heavy atom. The van der Waals surface area contributed by atoms with Crippen molar-refractivity contribution in [2.24, 2.45) is 5.73 Å². The molecule has 1 saturated heterocycles. The minimum atomic E-state index is -0.388. The van der Waals surface area contributed by atoms with Crippen molar-refractivity contribution < 1.29 is 18.7 Å². The maximum atomic E-state index is 13.3. The normalized spacial score (nSPS) is 16.2. The Morgan fingerprint density at radius 2 is 1.94 bits per heavy atom. The van der Waals surface area contributed by atoms with E-state index in [4.69, 9.17) is 10.5 Å². The van der Waals surface area contributed by atoms with E-state index in [0.29, 0.717) is 11.1 Å². The summed E-state index contributed by atoms with van der Waals surface area (Å²) < 4.78 is 18.1. The van der Waals surface area contributed by atoms with Crippen LogP contribution in [-0.4, -0.2) is 29.9 Å². The first-order chi connectivity index (χ1) is 8.61. The van der Waals surface area contributed by atoms with E-state index in [-0.39, 0.29) is 43.9 Å². The molecule has 0 unspecified atom stereocenters. The quantitative estimate of drug-likeness (QED) is 0.778. The summed E-state index contributed by atoms with van der Waals surface area (Å²) in [7, 11) is 0. The van der Waals surface area contributed by atoms with Crippen molar-refractivity contribution in [3.8, 4) is 0 Å². The standard InChI is InChI=1S/C12H13FN2O3/c13-10-2-1-8(3-9(10)4-14)5-15-11(16)6-18-7-12(15)17/h1-3H,4-7,14H2. The number of imide groups is 1. The topological polar surface area (TPSA) is 72.6 Å². The molecule has 0 bridgehead atoms. The number of nitrogens with two attached hydrogens (primary N) is 1. The van der Waals surface area contributed by atoms with Crippen molar-refractivity contribution in [1.82, 2.24) is 4.90 Å². The molecule has 1 aromatic carbocycles. The molecular weight excluding hydrogens is 239 g/mol. The molecule has 0 aliphatic carbocycles. The SMILES string of the molecule is NCc1cc(CN2C(=O)COCC2=O)ccc1F. The lowest BCUT2D eigenvalue weighted by Gasteiger charge is -2.25. The molecule has 0 radical (unpaired) electrons. The number of carbonyl (C=O) groups is 2. The van der Waals surface area contributed by atoms with Crippen LogP contribution in [0.4, 0.5) is 4.39 Å². The molecule has 2 N–H and O–H groups in total. The van der Waals surface area contributed by atoms with Gasteiger partial charge in [0.15, 0.2) is 0 Å². The monoisotopic (exact) mass is 252 g/mol. The number of ether oxygens (including phenoxy) is 1. The molecule has 6 heteroatoms. The van der Waals surface area contributed by atoms with Crippen LogP contribution in [0.3, 0.4) is 0 Å². The van der Waals surface area contributed by atoms with Crippen LogP contribution >= 0.6 is 0 Å². The van der Waals surface area contributed by atoms with Crippen LogP contribution in [0.25, 0.3) is 0 Å². The van der Waals surface area contributed by atoms with Gasteiger partial charge in [-0.3, -0.25) is 14.5 Å². The summed E-state index contributed by atoms with van der Waals surface area (Å²) in [6.07, 6.45) is 0. The Bertz CT molecular complexity index is 474. The second-order valence-electron chi connectivity index (χ2n) is 4.00. The Hall–Kier alpha value is -1.79. The third-order valence-corrected chi connectivity index (χ3v) is 2.72. The van der Waals surface area contributed by atoms with Crippen molar-refractivity contribution in [3.63, 3.8) is 0 Å². The van der Waals surface area contributed by atoms with Gasteiger partial charge in [0, 0.05) is 12.1 Å². The van der Waals surface area contributed by atoms with E-state index in [0.717, 1.165) is 4.90 Å². The minimum absolute atomic E-state index is 0.0741. The van der Waals surface area contributed by atoms with Gasteiger partial charge in [0.1, 0.15) is 19.0 Å². The number of halogens is 1. The molecule has 1 heterocycles. The Kier molecular flexibility index (Phi) is 3.69. The molecule has 0 spiro atoms. The molecule has 1 fully saturated rings. The van der Waals surface area contributed by atoms with E-state index in [1.165, 1.54) is 12.1 Å². The molecule has 0 saturated carbocycles. The van der Waals surface area contributed by atoms with Gasteiger partial charge in [-0.15, -0.1) is 0 Å². The molecule has 1 aliphatic rings. The summed E-state index contributed by atoms with van der Waals surface area (Å²) in [5.74, 6) is -1.16. The van der Waals surface area contributed by atoms with Crippen LogP contribution in [0.5, 0.6) is 0 Å². The lowest BCUT2D eigenvalue weighted by Crippen LogP contribution is -2.45. The maximum Gasteiger partial charge on any atom is 0.255 e. The molecule has 1 aromatic rings. The first-order valence-electron chi connectivity index (χ1n) is 5.50. The first kappa shape index (κ1) is 12.7. The Morgan fingerprint density at radius 1 is 1.28 bits per heavy atom. The number of rotatable bonds is 3. The van der Waals surface area contributed by atoms with Crippen LogP contribution in [0.2, 0.25) is 0 Å². The van der Waals surface area contributed by atoms with Gasteiger partial charge in [0.25, 0.3) is 11.8 Å². The van der Waals surface area contributed by atoms with Crippen molar-refractivity contribution in [1.29, 1.82) is 0 Å². The molecule has 0 atom stereocenters. The van der Waals surface area contributed by atoms with E-state index in [2.05, 4.69) is 0 Å². The molecule has 18 heavy (non-hydrogen) atoms. The van der Waals surface area contributed by atoms with Gasteiger partial charge < -0.3 is 10.5 Å². The van der Waals surface area contributed by atoms with Crippen LogP contribution in [0.15, 0.2) is 18.2 Å². The number of carbonyl (C=O) groups excluding carboxylic acids is 2. The van der Waals surface area contributed by atoms with E-state index in [9.17, 15) is 14.0 Å². The number of hydrogen-bond donors (Lipinski definition) is 1. The third-order valence-electron chi connectivity index (χ3n) is 2.72. The van der Waals surface area contributed by atoms with E-state index < -0.39 is 0 Å². The number of benzene rings is 1. The first-order valence-corrected chi connectivity index (χ1v) is 5.50. The van der Waals surface area contributed by atoms with Crippen molar-refractivity contribution in [2.45, 2.75) is 13.1 Å². The van der Waals surface area contributed by atoms with Gasteiger partial charge in [-0.05, 0) is 17.7 Å². The lowest BCUT2D eigenvalue weighted by atomic mass is 10.1. The van der Waals surface area contributed by atoms with Crippen molar-refractivity contribution in [2.75, 3.05) is 13.2 Å². The predicted octanol–water partition coefficient (Wildman–Crippen LogP) is 0.170. The fourth-order valence-corrected chi connectivity index (χ4v) is 1.76. The Balaban J connectivity index is 2.17. The summed E-state index contributed by atoms with van der Waals surface area (Å²) in [5, 5.41) is 0. The molecule has 2 amide bonds. The number of amides is 2. The van der Waals surface area contributed by atoms with Crippen LogP contribution < -0.4 is 5.73 Å². The summed E-state index contributed by atoms with van der Waals surface area (Å²) in [6.45, 7) is -0.00759. The zero-order chi connectivity index (χ0) is 13.1. The van der Waals surface area contributed by atoms with Crippen molar-refractivity contribution >= 4 is 11.8 Å². The fraction of sp³-hybridized carbons (Fsp3) is 0.333. The largest absolute Gasteiger partial charge is 0.362 e. The fourth-order valence-electron chi connectivity index (χ4n) is 1.76. The van der Waals surface area contributed by atoms with Gasteiger partial charge >= 0.3 is 0 Å². The number of nitrogens with zero attached hydrogens (tertiary/aromatic N) is 1. The second-order valence-corrected chi connectivity index (χ2v) is 4.00. The van der Waals surface area contributed by atoms with Crippen LogP contribution in [0.1, 0.15) is 11.1 Å². The van der Waals surface area contributed by atoms with E-state index in [1.54, 1.807) is 6.07 Å². The predicted molar refractivity (Wildman–Crippen MR) is 60.7 cm³/mol. The molecule has 5 nitrogen and oxygen atoms in total. The molecule has 1 aliphatic heterocycles. The van der Waals surface area contributed by atoms with E-state index >= 15 is 0 Å². The second kappa shape index (κ2) is 5.24. The van der Waals surface area contributed by atoms with Gasteiger partial charge in [-0.25, -0.2) is 4.39 Å². The highest BCUT2D eigenvalue weighted by atomic mass is 19.1. The average molecular weight is 252 g/mol. The summed E-state index contributed by atoms with van der Waals surface area (Å²) >= 11 is 0. The molecule has 96 valence electrons. The minimum Gasteiger partial charge on any atom is -0.362 e. The zero-order valence-electron chi connectivity index (χ0n) is 9.69. The lowest BCUT2D eigenvalue weighted by molar-refractivity contribution is -0.159. The Labute approximate surface area is 103 Å². The number of hydrogen-bond acceptors (Lipinski definition) is 4. The highest BCUT2D eigenvalue weighted by Crippen LogP contribution is 2.13. The van der Waals surface area contributed by atoms with E-state index in [1.807, 2.05) is 0 Å². The smallest absolute Gasteiger partial charge is 0.255 e. The van der Waals surface area contributed by atoms with Gasteiger partial charge in [0.05, 0.1) is 6.54 Å². The summed E-state index contributed by atoms with van der Waals surface area (Å²) in [4.78, 5) is 24.1. The van der Waals surface area contributed by atoms with Crippen LogP contribution in [0, 0.1) is 5.82 Å². The highest BCUT2D eigenvalue weighted by Gasteiger charge is 2.26. The summed E-state index contributed by atoms with van der Waals surface area (Å²) in [6, 6.07) is 4.38. The molecule has 0 aromatic heterocycles. The maximum absolute atomic E-state index is 13.3. The van der Waals surface area contributed by atoms with Crippen molar-refractivity contribution in [3.05, 3.63) is 35.1 Å². The third kappa shape index (κ3) is 2.55. The van der Waals surface area contributed by atoms with Gasteiger partial charge in [0.2, 0.25) is 0 Å². The average Bonchev–Trinajstić information content (AvgIpc) is 2.36. The van der Waals surface area contributed by atoms with Gasteiger partial charge in [-0.1, -0.05) is 6.07 Å². The van der Waals surface area contributed by atoms with Crippen LogP contribution in [-0.2, 0) is 27.4 Å². The number of morpholine rings is 1. The highest BCUT2D eigenvalue weighted by molar-refractivity contribution is 5.98. The molecule has 2 rings (SSSR count). The zero-order valence-corrected chi connectivity index (χ0v) is 9.69.